The van der Waals surface area contributed by atoms with Gasteiger partial charge in [0.05, 0.1) is 4.88 Å². The van der Waals surface area contributed by atoms with Gasteiger partial charge in [-0.15, -0.1) is 11.3 Å². The first-order valence-electron chi connectivity index (χ1n) is 9.62. The topological polar surface area (TPSA) is 119 Å². The maximum Gasteiger partial charge on any atom is 0.279 e. The van der Waals surface area contributed by atoms with Crippen LogP contribution in [-0.2, 0) is 0 Å². The molecule has 1 amide bonds. The van der Waals surface area contributed by atoms with Crippen LogP contribution in [0.4, 0.5) is 5.82 Å². The average Bonchev–Trinajstić information content (AvgIpc) is 3.54. The Kier molecular flexibility index (Phi) is 4.96. The molecule has 9 nitrogen and oxygen atoms in total. The highest BCUT2D eigenvalue weighted by Crippen LogP contribution is 2.28. The first-order chi connectivity index (χ1) is 15.6. The number of hydrogen-bond acceptors (Lipinski definition) is 7. The van der Waals surface area contributed by atoms with Crippen molar-refractivity contribution in [3.05, 3.63) is 87.8 Å². The van der Waals surface area contributed by atoms with Crippen LogP contribution in [0, 0.1) is 6.92 Å². The first-order valence-corrected chi connectivity index (χ1v) is 10.5. The Morgan fingerprint density at radius 1 is 1.12 bits per heavy atom. The number of H-pyrrole nitrogens is 1. The molecule has 10 heteroatoms. The molecule has 0 aliphatic rings. The summed E-state index contributed by atoms with van der Waals surface area (Å²) in [4.78, 5) is 32.8. The second-order valence-corrected chi connectivity index (χ2v) is 7.86. The number of thiophene rings is 1. The number of carbonyl (C=O) groups is 1. The lowest BCUT2D eigenvalue weighted by molar-refractivity contribution is 0.101. The molecule has 0 bridgehead atoms. The molecule has 4 aromatic heterocycles. The normalized spacial score (nSPS) is 10.9. The lowest BCUT2D eigenvalue weighted by Gasteiger charge is -2.07. The third-order valence-electron chi connectivity index (χ3n) is 4.58. The minimum absolute atomic E-state index is 0.111. The highest BCUT2D eigenvalue weighted by Gasteiger charge is 2.19. The van der Waals surface area contributed by atoms with Gasteiger partial charge in [0.1, 0.15) is 11.5 Å². The van der Waals surface area contributed by atoms with Crippen LogP contribution in [0.3, 0.4) is 0 Å². The molecule has 0 aliphatic carbocycles. The Hall–Kier alpha value is -4.31. The maximum absolute atomic E-state index is 12.9. The van der Waals surface area contributed by atoms with Gasteiger partial charge in [-0.25, -0.2) is 4.98 Å². The zero-order valence-corrected chi connectivity index (χ0v) is 17.6. The minimum atomic E-state index is -0.482. The monoisotopic (exact) mass is 444 g/mol. The van der Waals surface area contributed by atoms with Crippen LogP contribution in [0.25, 0.3) is 27.8 Å². The van der Waals surface area contributed by atoms with E-state index < -0.39 is 5.91 Å². The van der Waals surface area contributed by atoms with Crippen molar-refractivity contribution in [1.29, 1.82) is 0 Å². The van der Waals surface area contributed by atoms with Crippen molar-refractivity contribution in [2.24, 2.45) is 0 Å². The highest BCUT2D eigenvalue weighted by molar-refractivity contribution is 7.13. The molecule has 32 heavy (non-hydrogen) atoms. The third-order valence-corrected chi connectivity index (χ3v) is 5.48. The Bertz CT molecular complexity index is 1450. The van der Waals surface area contributed by atoms with Gasteiger partial charge in [0.25, 0.3) is 11.5 Å². The van der Waals surface area contributed by atoms with Gasteiger partial charge in [0.2, 0.25) is 5.95 Å². The third kappa shape index (κ3) is 3.86. The summed E-state index contributed by atoms with van der Waals surface area (Å²) < 4.78 is 6.72. The lowest BCUT2D eigenvalue weighted by Crippen LogP contribution is -2.19. The Morgan fingerprint density at radius 2 is 1.97 bits per heavy atom. The maximum atomic E-state index is 12.9. The summed E-state index contributed by atoms with van der Waals surface area (Å²) in [6.45, 7) is 1.71. The number of hydrogen-bond donors (Lipinski definition) is 2. The van der Waals surface area contributed by atoms with Crippen LogP contribution in [0.5, 0.6) is 0 Å². The zero-order chi connectivity index (χ0) is 22.1. The number of carbonyl (C=O) groups excluding carboxylic acids is 1. The minimum Gasteiger partial charge on any atom is -0.355 e. The van der Waals surface area contributed by atoms with E-state index in [1.54, 1.807) is 19.1 Å². The molecular weight excluding hydrogens is 428 g/mol. The predicted octanol–water partition coefficient (Wildman–Crippen LogP) is 3.90. The molecule has 5 rings (SSSR count). The van der Waals surface area contributed by atoms with Crippen molar-refractivity contribution in [1.82, 2.24) is 24.9 Å². The molecule has 0 saturated heterocycles. The number of aromatic nitrogens is 5. The van der Waals surface area contributed by atoms with E-state index in [-0.39, 0.29) is 17.2 Å². The summed E-state index contributed by atoms with van der Waals surface area (Å²) >= 11 is 1.51. The highest BCUT2D eigenvalue weighted by atomic mass is 32.1. The summed E-state index contributed by atoms with van der Waals surface area (Å²) in [5.41, 5.74) is 1.76. The van der Waals surface area contributed by atoms with Crippen molar-refractivity contribution in [2.75, 3.05) is 5.32 Å². The fourth-order valence-electron chi connectivity index (χ4n) is 3.14. The largest absolute Gasteiger partial charge is 0.355 e. The van der Waals surface area contributed by atoms with E-state index in [1.165, 1.54) is 22.1 Å². The molecular formula is C22H16N6O3S. The standard InChI is InChI=1S/C22H16N6O3S/c1-13-10-20(29)25-22(23-13)28-19(12-15(26-28)18-8-5-9-32-18)24-21(30)16-11-17(31-27-16)14-6-3-2-4-7-14/h2-12H,1H3,(H,24,30)(H,23,25,29). The van der Waals surface area contributed by atoms with Crippen molar-refractivity contribution >= 4 is 23.1 Å². The van der Waals surface area contributed by atoms with Crippen LogP contribution in [0.1, 0.15) is 16.2 Å². The van der Waals surface area contributed by atoms with Gasteiger partial charge >= 0.3 is 0 Å². The predicted molar refractivity (Wildman–Crippen MR) is 120 cm³/mol. The second-order valence-electron chi connectivity index (χ2n) is 6.91. The van der Waals surface area contributed by atoms with E-state index in [1.807, 2.05) is 47.8 Å². The molecule has 0 radical (unpaired) electrons. The van der Waals surface area contributed by atoms with Crippen LogP contribution in [0.2, 0.25) is 0 Å². The molecule has 0 fully saturated rings. The van der Waals surface area contributed by atoms with Gasteiger partial charge < -0.3 is 9.84 Å². The van der Waals surface area contributed by atoms with Crippen LogP contribution < -0.4 is 10.9 Å². The summed E-state index contributed by atoms with van der Waals surface area (Å²) in [6, 6.07) is 17.9. The smallest absolute Gasteiger partial charge is 0.279 e. The summed E-state index contributed by atoms with van der Waals surface area (Å²) in [7, 11) is 0. The SMILES string of the molecule is Cc1cc(=O)[nH]c(-n2nc(-c3cccs3)cc2NC(=O)c2cc(-c3ccccc3)on2)n1. The van der Waals surface area contributed by atoms with Gasteiger partial charge in [-0.2, -0.15) is 9.78 Å². The van der Waals surface area contributed by atoms with Crippen molar-refractivity contribution < 1.29 is 9.32 Å². The molecule has 2 N–H and O–H groups in total. The van der Waals surface area contributed by atoms with Gasteiger partial charge in [0.15, 0.2) is 11.5 Å². The molecule has 0 unspecified atom stereocenters. The van der Waals surface area contributed by atoms with E-state index in [4.69, 9.17) is 4.52 Å². The molecule has 0 atom stereocenters. The van der Waals surface area contributed by atoms with E-state index in [0.29, 0.717) is 23.0 Å². The molecule has 0 saturated carbocycles. The fraction of sp³-hybridized carbons (Fsp3) is 0.0455. The van der Waals surface area contributed by atoms with Gasteiger partial charge in [-0.05, 0) is 18.4 Å². The lowest BCUT2D eigenvalue weighted by atomic mass is 10.1. The number of anilines is 1. The Balaban J connectivity index is 1.50. The molecule has 0 spiro atoms. The van der Waals surface area contributed by atoms with Crippen molar-refractivity contribution in [2.45, 2.75) is 6.92 Å². The Morgan fingerprint density at radius 3 is 2.72 bits per heavy atom. The second kappa shape index (κ2) is 8.08. The van der Waals surface area contributed by atoms with Crippen molar-refractivity contribution in [3.8, 4) is 27.8 Å². The van der Waals surface area contributed by atoms with E-state index >= 15 is 0 Å². The van der Waals surface area contributed by atoms with Gasteiger partial charge in [0, 0.05) is 29.5 Å². The molecule has 4 heterocycles. The molecule has 5 aromatic rings. The number of aromatic amines is 1. The van der Waals surface area contributed by atoms with Crippen LogP contribution >= 0.6 is 11.3 Å². The molecule has 158 valence electrons. The van der Waals surface area contributed by atoms with Gasteiger partial charge in [-0.3, -0.25) is 14.6 Å². The molecule has 0 aliphatic heterocycles. The van der Waals surface area contributed by atoms with E-state index in [0.717, 1.165) is 10.4 Å². The number of nitrogens with zero attached hydrogens (tertiary/aromatic N) is 4. The first kappa shape index (κ1) is 19.6. The summed E-state index contributed by atoms with van der Waals surface area (Å²) in [5.74, 6) is 0.521. The summed E-state index contributed by atoms with van der Waals surface area (Å²) in [6.07, 6.45) is 0. The van der Waals surface area contributed by atoms with Gasteiger partial charge in [-0.1, -0.05) is 41.6 Å². The van der Waals surface area contributed by atoms with Crippen LogP contribution in [-0.4, -0.2) is 30.8 Å². The zero-order valence-electron chi connectivity index (χ0n) is 16.8. The van der Waals surface area contributed by atoms with E-state index in [9.17, 15) is 9.59 Å². The number of amides is 1. The molecule has 1 aromatic carbocycles. The van der Waals surface area contributed by atoms with Crippen LogP contribution in [0.15, 0.2) is 75.4 Å². The van der Waals surface area contributed by atoms with Crippen molar-refractivity contribution in [3.63, 3.8) is 0 Å². The average molecular weight is 444 g/mol. The number of aryl methyl sites for hydroxylation is 1. The number of nitrogens with one attached hydrogen (secondary N) is 2. The van der Waals surface area contributed by atoms with E-state index in [2.05, 4.69) is 25.5 Å². The summed E-state index contributed by atoms with van der Waals surface area (Å²) in [5, 5.41) is 13.2. The number of rotatable bonds is 5. The number of benzene rings is 1. The fourth-order valence-corrected chi connectivity index (χ4v) is 3.82. The Labute approximate surface area is 185 Å². The quantitative estimate of drug-likeness (QED) is 0.424.